The van der Waals surface area contributed by atoms with Crippen molar-refractivity contribution in [3.8, 4) is 0 Å². The third kappa shape index (κ3) is 4.46. The average molecular weight is 498 g/mol. The number of morpholine rings is 1. The van der Waals surface area contributed by atoms with E-state index in [0.29, 0.717) is 39.6 Å². The Morgan fingerprint density at radius 1 is 1.23 bits per heavy atom. The van der Waals surface area contributed by atoms with Gasteiger partial charge in [0, 0.05) is 25.2 Å². The predicted octanol–water partition coefficient (Wildman–Crippen LogP) is 2.37. The molecule has 0 radical (unpaired) electrons. The second-order valence-electron chi connectivity index (χ2n) is 8.13. The second-order valence-corrected chi connectivity index (χ2v) is 9.14. The molecule has 2 aliphatic heterocycles. The molecule has 0 N–H and O–H groups in total. The standard InChI is InChI=1S/C25H24FN3O5S/c1-3-33-24(31)21-15(2)27-25-29(22(21)16-4-6-17(26)7-5-16)23(30)19(35-25)14-18-8-9-20(34-18)28-10-12-32-13-11-28/h4-9,14,22H,3,10-13H2,1-2H3/b19-14-. The summed E-state index contributed by atoms with van der Waals surface area (Å²) in [6, 6.07) is 8.65. The highest BCUT2D eigenvalue weighted by Gasteiger charge is 2.33. The largest absolute Gasteiger partial charge is 0.463 e. The van der Waals surface area contributed by atoms with E-state index in [0.717, 1.165) is 19.0 Å². The first kappa shape index (κ1) is 23.3. The average Bonchev–Trinajstić information content (AvgIpc) is 3.44. The van der Waals surface area contributed by atoms with Crippen molar-refractivity contribution in [2.24, 2.45) is 4.99 Å². The zero-order chi connectivity index (χ0) is 24.5. The van der Waals surface area contributed by atoms with Gasteiger partial charge in [-0.2, -0.15) is 0 Å². The van der Waals surface area contributed by atoms with Crippen LogP contribution in [-0.2, 0) is 14.3 Å². The van der Waals surface area contributed by atoms with Crippen LogP contribution >= 0.6 is 11.3 Å². The molecule has 2 aliphatic rings. The lowest BCUT2D eigenvalue weighted by Gasteiger charge is -2.26. The van der Waals surface area contributed by atoms with Gasteiger partial charge in [0.25, 0.3) is 5.56 Å². The van der Waals surface area contributed by atoms with Crippen molar-refractivity contribution in [1.82, 2.24) is 4.57 Å². The van der Waals surface area contributed by atoms with Gasteiger partial charge in [0.15, 0.2) is 10.7 Å². The molecule has 5 rings (SSSR count). The van der Waals surface area contributed by atoms with Crippen molar-refractivity contribution in [1.29, 1.82) is 0 Å². The number of thiazole rings is 1. The van der Waals surface area contributed by atoms with Crippen molar-refractivity contribution >= 4 is 29.3 Å². The number of aromatic nitrogens is 1. The van der Waals surface area contributed by atoms with Crippen LogP contribution < -0.4 is 19.8 Å². The van der Waals surface area contributed by atoms with E-state index < -0.39 is 17.8 Å². The van der Waals surface area contributed by atoms with Crippen LogP contribution in [0.25, 0.3) is 6.08 Å². The van der Waals surface area contributed by atoms with Gasteiger partial charge in [-0.3, -0.25) is 9.36 Å². The fourth-order valence-corrected chi connectivity index (χ4v) is 5.28. The SMILES string of the molecule is CCOC(=O)C1=C(C)N=c2s/c(=C\c3ccc(N4CCOCC4)o3)c(=O)n2C1c1ccc(F)cc1. The van der Waals surface area contributed by atoms with Gasteiger partial charge >= 0.3 is 5.97 Å². The lowest BCUT2D eigenvalue weighted by atomic mass is 9.96. The molecule has 0 bridgehead atoms. The van der Waals surface area contributed by atoms with Crippen LogP contribution in [-0.4, -0.2) is 43.4 Å². The molecule has 8 nitrogen and oxygen atoms in total. The third-order valence-corrected chi connectivity index (χ3v) is 6.89. The Morgan fingerprint density at radius 3 is 2.69 bits per heavy atom. The lowest BCUT2D eigenvalue weighted by molar-refractivity contribution is -0.139. The molecule has 0 spiro atoms. The van der Waals surface area contributed by atoms with E-state index in [-0.39, 0.29) is 17.7 Å². The van der Waals surface area contributed by atoms with Crippen molar-refractivity contribution < 1.29 is 23.1 Å². The van der Waals surface area contributed by atoms with Crippen molar-refractivity contribution in [2.45, 2.75) is 19.9 Å². The fourth-order valence-electron chi connectivity index (χ4n) is 4.25. The van der Waals surface area contributed by atoms with E-state index in [4.69, 9.17) is 13.9 Å². The highest BCUT2D eigenvalue weighted by atomic mass is 32.1. The zero-order valence-corrected chi connectivity index (χ0v) is 20.1. The number of nitrogens with zero attached hydrogens (tertiary/aromatic N) is 3. The number of anilines is 1. The molecular weight excluding hydrogens is 473 g/mol. The Hall–Kier alpha value is -3.50. The molecule has 0 saturated carbocycles. The van der Waals surface area contributed by atoms with E-state index >= 15 is 0 Å². The van der Waals surface area contributed by atoms with Gasteiger partial charge in [-0.05, 0) is 37.6 Å². The number of allylic oxidation sites excluding steroid dienone is 1. The van der Waals surface area contributed by atoms with Crippen LogP contribution in [0.15, 0.2) is 61.9 Å². The number of halogens is 1. The van der Waals surface area contributed by atoms with Gasteiger partial charge in [-0.25, -0.2) is 14.2 Å². The second kappa shape index (κ2) is 9.63. The Labute approximate surface area is 204 Å². The van der Waals surface area contributed by atoms with Crippen molar-refractivity contribution in [3.05, 3.63) is 84.5 Å². The molecule has 1 fully saturated rings. The zero-order valence-electron chi connectivity index (χ0n) is 19.3. The van der Waals surface area contributed by atoms with Crippen LogP contribution in [0.4, 0.5) is 10.3 Å². The van der Waals surface area contributed by atoms with Crippen LogP contribution in [0.5, 0.6) is 0 Å². The predicted molar refractivity (Wildman–Crippen MR) is 129 cm³/mol. The molecule has 1 aromatic carbocycles. The fraction of sp³-hybridized carbons (Fsp3) is 0.320. The lowest BCUT2D eigenvalue weighted by Crippen LogP contribution is -2.39. The number of fused-ring (bicyclic) bond motifs is 1. The molecule has 1 atom stereocenters. The number of hydrogen-bond donors (Lipinski definition) is 0. The molecule has 182 valence electrons. The highest BCUT2D eigenvalue weighted by molar-refractivity contribution is 7.07. The van der Waals surface area contributed by atoms with Crippen LogP contribution in [0.1, 0.15) is 31.2 Å². The van der Waals surface area contributed by atoms with Gasteiger partial charge in [0.1, 0.15) is 11.6 Å². The molecule has 1 saturated heterocycles. The summed E-state index contributed by atoms with van der Waals surface area (Å²) in [6.07, 6.45) is 1.68. The van der Waals surface area contributed by atoms with Crippen molar-refractivity contribution in [3.63, 3.8) is 0 Å². The maximum absolute atomic E-state index is 13.7. The molecule has 0 amide bonds. The number of hydrogen-bond acceptors (Lipinski definition) is 8. The van der Waals surface area contributed by atoms with Crippen LogP contribution in [0, 0.1) is 5.82 Å². The number of ether oxygens (including phenoxy) is 2. The van der Waals surface area contributed by atoms with E-state index in [1.807, 2.05) is 12.1 Å². The third-order valence-electron chi connectivity index (χ3n) is 5.91. The molecule has 2 aromatic heterocycles. The van der Waals surface area contributed by atoms with Gasteiger partial charge in [0.2, 0.25) is 0 Å². The Kier molecular flexibility index (Phi) is 6.40. The van der Waals surface area contributed by atoms with E-state index in [1.54, 1.807) is 32.1 Å². The van der Waals surface area contributed by atoms with E-state index in [1.165, 1.54) is 28.0 Å². The van der Waals surface area contributed by atoms with Gasteiger partial charge < -0.3 is 18.8 Å². The van der Waals surface area contributed by atoms with Crippen molar-refractivity contribution in [2.75, 3.05) is 37.8 Å². The molecule has 35 heavy (non-hydrogen) atoms. The number of esters is 1. The number of rotatable bonds is 5. The normalized spacial score (nSPS) is 18.4. The van der Waals surface area contributed by atoms with Gasteiger partial charge in [0.05, 0.1) is 41.7 Å². The molecule has 10 heteroatoms. The first-order chi connectivity index (χ1) is 17.0. The summed E-state index contributed by atoms with van der Waals surface area (Å²) in [6.45, 7) is 6.36. The molecule has 4 heterocycles. The quantitative estimate of drug-likeness (QED) is 0.503. The summed E-state index contributed by atoms with van der Waals surface area (Å²) in [4.78, 5) is 33.5. The van der Waals surface area contributed by atoms with Crippen LogP contribution in [0.3, 0.4) is 0 Å². The molecule has 3 aromatic rings. The minimum Gasteiger partial charge on any atom is -0.463 e. The number of carbonyl (C=O) groups excluding carboxylic acids is 1. The first-order valence-electron chi connectivity index (χ1n) is 11.3. The van der Waals surface area contributed by atoms with E-state index in [9.17, 15) is 14.0 Å². The summed E-state index contributed by atoms with van der Waals surface area (Å²) in [7, 11) is 0. The van der Waals surface area contributed by atoms with E-state index in [2.05, 4.69) is 9.89 Å². The molecule has 0 aliphatic carbocycles. The van der Waals surface area contributed by atoms with Gasteiger partial charge in [-0.15, -0.1) is 0 Å². The highest BCUT2D eigenvalue weighted by Crippen LogP contribution is 2.30. The maximum Gasteiger partial charge on any atom is 0.338 e. The summed E-state index contributed by atoms with van der Waals surface area (Å²) >= 11 is 1.21. The maximum atomic E-state index is 13.7. The smallest absolute Gasteiger partial charge is 0.338 e. The topological polar surface area (TPSA) is 86.3 Å². The number of furan rings is 1. The Balaban J connectivity index is 1.60. The Morgan fingerprint density at radius 2 is 1.97 bits per heavy atom. The first-order valence-corrected chi connectivity index (χ1v) is 12.2. The summed E-state index contributed by atoms with van der Waals surface area (Å²) in [5.74, 6) is 0.292. The van der Waals surface area contributed by atoms with Crippen LogP contribution in [0.2, 0.25) is 0 Å². The van der Waals surface area contributed by atoms with Gasteiger partial charge in [-0.1, -0.05) is 23.5 Å². The summed E-state index contributed by atoms with van der Waals surface area (Å²) < 4.78 is 32.2. The Bertz CT molecular complexity index is 1460. The molecular formula is C25H24FN3O5S. The summed E-state index contributed by atoms with van der Waals surface area (Å²) in [5, 5.41) is 0. The number of benzene rings is 1. The molecule has 1 unspecified atom stereocenters. The monoisotopic (exact) mass is 497 g/mol. The number of carbonyl (C=O) groups is 1. The minimum absolute atomic E-state index is 0.181. The minimum atomic E-state index is -0.784. The summed E-state index contributed by atoms with van der Waals surface area (Å²) in [5.41, 5.74) is 0.980.